The van der Waals surface area contributed by atoms with Gasteiger partial charge in [0.2, 0.25) is 0 Å². The van der Waals surface area contributed by atoms with Crippen LogP contribution in [0.4, 0.5) is 0 Å². The third-order valence-corrected chi connectivity index (χ3v) is 6.34. The number of hydrogen-bond acceptors (Lipinski definition) is 4. The van der Waals surface area contributed by atoms with Crippen LogP contribution < -0.4 is 4.74 Å². The maximum atomic E-state index is 13.1. The molecule has 2 aromatic rings. The zero-order valence-electron chi connectivity index (χ0n) is 17.9. The van der Waals surface area contributed by atoms with E-state index in [0.717, 1.165) is 25.7 Å². The summed E-state index contributed by atoms with van der Waals surface area (Å²) in [6, 6.07) is 17.8. The van der Waals surface area contributed by atoms with Crippen LogP contribution in [0.15, 0.2) is 54.6 Å². The summed E-state index contributed by atoms with van der Waals surface area (Å²) in [4.78, 5) is 15.0. The molecule has 2 aliphatic rings. The minimum Gasteiger partial charge on any atom is -0.496 e. The third kappa shape index (κ3) is 4.37. The Morgan fingerprint density at radius 2 is 1.80 bits per heavy atom. The molecule has 0 aliphatic carbocycles. The molecule has 4 rings (SSSR count). The molecule has 0 radical (unpaired) electrons. The van der Waals surface area contributed by atoms with Gasteiger partial charge in [-0.05, 0) is 37.5 Å². The molecule has 2 fully saturated rings. The van der Waals surface area contributed by atoms with Crippen molar-refractivity contribution in [1.82, 2.24) is 4.90 Å². The molecule has 1 spiro atoms. The van der Waals surface area contributed by atoms with Crippen LogP contribution in [-0.2, 0) is 9.47 Å². The van der Waals surface area contributed by atoms with Gasteiger partial charge in [-0.15, -0.1) is 0 Å². The van der Waals surface area contributed by atoms with Crippen LogP contribution in [0.3, 0.4) is 0 Å². The smallest absolute Gasteiger partial charge is 0.257 e. The van der Waals surface area contributed by atoms with E-state index in [9.17, 15) is 4.79 Å². The Bertz CT molecular complexity index is 845. The van der Waals surface area contributed by atoms with Gasteiger partial charge in [0.15, 0.2) is 0 Å². The third-order valence-electron chi connectivity index (χ3n) is 6.34. The fraction of sp³-hybridized carbons (Fsp3) is 0.480. The normalized spacial score (nSPS) is 23.3. The Labute approximate surface area is 178 Å². The number of para-hydroxylation sites is 1. The first-order valence-corrected chi connectivity index (χ1v) is 10.9. The summed E-state index contributed by atoms with van der Waals surface area (Å²) in [6.45, 7) is 4.11. The van der Waals surface area contributed by atoms with Crippen LogP contribution in [0.1, 0.15) is 54.6 Å². The van der Waals surface area contributed by atoms with Crippen molar-refractivity contribution in [3.8, 4) is 5.75 Å². The molecular formula is C25H31NO4. The van der Waals surface area contributed by atoms with E-state index in [1.54, 1.807) is 7.11 Å². The van der Waals surface area contributed by atoms with Gasteiger partial charge in [-0.1, -0.05) is 42.5 Å². The SMILES string of the molecule is CCO[C@H]1C[C@@H](c2ccccc2)OC2(CCN(C(=O)c3ccccc3OC)CC2)C1. The Balaban J connectivity index is 1.48. The molecule has 5 heteroatoms. The summed E-state index contributed by atoms with van der Waals surface area (Å²) in [5, 5.41) is 0. The molecule has 2 saturated heterocycles. The lowest BCUT2D eigenvalue weighted by atomic mass is 9.80. The fourth-order valence-corrected chi connectivity index (χ4v) is 4.80. The van der Waals surface area contributed by atoms with Gasteiger partial charge in [0.1, 0.15) is 5.75 Å². The largest absolute Gasteiger partial charge is 0.496 e. The van der Waals surface area contributed by atoms with Crippen molar-refractivity contribution in [2.24, 2.45) is 0 Å². The summed E-state index contributed by atoms with van der Waals surface area (Å²) in [5.74, 6) is 0.649. The number of nitrogens with zero attached hydrogens (tertiary/aromatic N) is 1. The minimum absolute atomic E-state index is 0.0269. The molecule has 2 aliphatic heterocycles. The predicted octanol–water partition coefficient (Wildman–Crippen LogP) is 4.63. The lowest BCUT2D eigenvalue weighted by Crippen LogP contribution is -2.52. The van der Waals surface area contributed by atoms with Gasteiger partial charge in [0, 0.05) is 32.5 Å². The van der Waals surface area contributed by atoms with Gasteiger partial charge in [-0.2, -0.15) is 0 Å². The quantitative estimate of drug-likeness (QED) is 0.723. The first-order valence-electron chi connectivity index (χ1n) is 10.9. The molecule has 5 nitrogen and oxygen atoms in total. The van der Waals surface area contributed by atoms with Crippen LogP contribution in [-0.4, -0.2) is 49.3 Å². The van der Waals surface area contributed by atoms with Crippen LogP contribution in [0, 0.1) is 0 Å². The highest BCUT2D eigenvalue weighted by atomic mass is 16.5. The molecule has 30 heavy (non-hydrogen) atoms. The zero-order chi connectivity index (χ0) is 21.0. The number of benzene rings is 2. The van der Waals surface area contributed by atoms with Crippen molar-refractivity contribution in [2.75, 3.05) is 26.8 Å². The average molecular weight is 410 g/mol. The van der Waals surface area contributed by atoms with Crippen molar-refractivity contribution in [2.45, 2.75) is 50.4 Å². The van der Waals surface area contributed by atoms with E-state index in [4.69, 9.17) is 14.2 Å². The number of ether oxygens (including phenoxy) is 3. The maximum Gasteiger partial charge on any atom is 0.257 e. The molecule has 1 amide bonds. The number of rotatable bonds is 5. The van der Waals surface area contributed by atoms with E-state index < -0.39 is 0 Å². The second kappa shape index (κ2) is 9.19. The van der Waals surface area contributed by atoms with Gasteiger partial charge >= 0.3 is 0 Å². The van der Waals surface area contributed by atoms with Gasteiger partial charge in [0.25, 0.3) is 5.91 Å². The van der Waals surface area contributed by atoms with Crippen LogP contribution in [0.25, 0.3) is 0 Å². The number of amides is 1. The van der Waals surface area contributed by atoms with E-state index >= 15 is 0 Å². The van der Waals surface area contributed by atoms with Gasteiger partial charge < -0.3 is 19.1 Å². The Kier molecular flexibility index (Phi) is 6.40. The van der Waals surface area contributed by atoms with Gasteiger partial charge in [-0.3, -0.25) is 4.79 Å². The molecule has 0 unspecified atom stereocenters. The minimum atomic E-state index is -0.240. The highest BCUT2D eigenvalue weighted by Gasteiger charge is 2.45. The summed E-state index contributed by atoms with van der Waals surface area (Å²) in [7, 11) is 1.60. The predicted molar refractivity (Wildman–Crippen MR) is 116 cm³/mol. The zero-order valence-corrected chi connectivity index (χ0v) is 17.9. The van der Waals surface area contributed by atoms with Crippen molar-refractivity contribution < 1.29 is 19.0 Å². The molecule has 0 N–H and O–H groups in total. The van der Waals surface area contributed by atoms with Crippen molar-refractivity contribution in [3.63, 3.8) is 0 Å². The van der Waals surface area contributed by atoms with E-state index in [2.05, 4.69) is 24.3 Å². The molecule has 2 atom stereocenters. The topological polar surface area (TPSA) is 48.0 Å². The first kappa shape index (κ1) is 20.9. The van der Waals surface area contributed by atoms with Gasteiger partial charge in [-0.25, -0.2) is 0 Å². The first-order chi connectivity index (χ1) is 14.6. The standard InChI is InChI=1S/C25H31NO4/c1-3-29-20-17-23(19-9-5-4-6-10-19)30-25(18-20)13-15-26(16-14-25)24(27)21-11-7-8-12-22(21)28-2/h4-12,20,23H,3,13-18H2,1-2H3/t20-,23-/m0/s1. The monoisotopic (exact) mass is 409 g/mol. The summed E-state index contributed by atoms with van der Waals surface area (Å²) in [6.07, 6.45) is 3.63. The second-order valence-electron chi connectivity index (χ2n) is 8.21. The molecule has 160 valence electrons. The molecule has 2 aromatic carbocycles. The van der Waals surface area contributed by atoms with E-state index in [0.29, 0.717) is 31.0 Å². The second-order valence-corrected chi connectivity index (χ2v) is 8.21. The van der Waals surface area contributed by atoms with E-state index in [1.165, 1.54) is 5.56 Å². The van der Waals surface area contributed by atoms with Crippen molar-refractivity contribution in [1.29, 1.82) is 0 Å². The van der Waals surface area contributed by atoms with Crippen LogP contribution in [0.5, 0.6) is 5.75 Å². The highest BCUT2D eigenvalue weighted by molar-refractivity contribution is 5.97. The van der Waals surface area contributed by atoms with E-state index in [1.807, 2.05) is 42.2 Å². The highest BCUT2D eigenvalue weighted by Crippen LogP contribution is 2.44. The molecular weight excluding hydrogens is 378 g/mol. The van der Waals surface area contributed by atoms with E-state index in [-0.39, 0.29) is 23.7 Å². The molecule has 0 aromatic heterocycles. The Hall–Kier alpha value is -2.37. The average Bonchev–Trinajstić information content (AvgIpc) is 2.79. The van der Waals surface area contributed by atoms with Crippen molar-refractivity contribution in [3.05, 3.63) is 65.7 Å². The Morgan fingerprint density at radius 1 is 1.10 bits per heavy atom. The van der Waals surface area contributed by atoms with Crippen LogP contribution in [0.2, 0.25) is 0 Å². The summed E-state index contributed by atoms with van der Waals surface area (Å²) < 4.78 is 18.2. The fourth-order valence-electron chi connectivity index (χ4n) is 4.80. The summed E-state index contributed by atoms with van der Waals surface area (Å²) in [5.41, 5.74) is 1.58. The maximum absolute atomic E-state index is 13.1. The number of methoxy groups -OCH3 is 1. The number of carbonyl (C=O) groups excluding carboxylic acids is 1. The number of carbonyl (C=O) groups is 1. The lowest BCUT2D eigenvalue weighted by molar-refractivity contribution is -0.190. The molecule has 0 bridgehead atoms. The number of piperidine rings is 1. The lowest BCUT2D eigenvalue weighted by Gasteiger charge is -2.48. The number of likely N-dealkylation sites (tertiary alicyclic amines) is 1. The van der Waals surface area contributed by atoms with Crippen molar-refractivity contribution >= 4 is 5.91 Å². The van der Waals surface area contributed by atoms with Gasteiger partial charge in [0.05, 0.1) is 30.5 Å². The molecule has 2 heterocycles. The van der Waals surface area contributed by atoms with Crippen LogP contribution >= 0.6 is 0 Å². The Morgan fingerprint density at radius 3 is 2.50 bits per heavy atom. The molecule has 0 saturated carbocycles. The summed E-state index contributed by atoms with van der Waals surface area (Å²) >= 11 is 0. The number of hydrogen-bond donors (Lipinski definition) is 0.